The number of carbonyl (C=O) groups excluding carboxylic acids is 1. The van der Waals surface area contributed by atoms with Gasteiger partial charge in [-0.3, -0.25) is 9.69 Å². The number of hydrogen-bond donors (Lipinski definition) is 0. The van der Waals surface area contributed by atoms with Gasteiger partial charge in [-0.25, -0.2) is 4.39 Å². The van der Waals surface area contributed by atoms with E-state index in [0.29, 0.717) is 11.1 Å². The van der Waals surface area contributed by atoms with Gasteiger partial charge in [0.25, 0.3) is 0 Å². The summed E-state index contributed by atoms with van der Waals surface area (Å²) in [6, 6.07) is 4.45. The van der Waals surface area contributed by atoms with Crippen LogP contribution in [-0.4, -0.2) is 55.4 Å². The number of nitrogens with zero attached hydrogens (tertiary/aromatic N) is 2. The van der Waals surface area contributed by atoms with Crippen molar-refractivity contribution >= 4 is 5.78 Å². The smallest absolute Gasteiger partial charge is 0.181 e. The number of carbonyl (C=O) groups is 1. The number of likely N-dealkylation sites (N-methyl/N-ethyl adjacent to an activating group) is 2. The first-order chi connectivity index (χ1) is 8.49. The number of halogens is 1. The van der Waals surface area contributed by atoms with E-state index >= 15 is 0 Å². The lowest BCUT2D eigenvalue weighted by Crippen LogP contribution is -2.53. The first kappa shape index (κ1) is 13.2. The Hall–Kier alpha value is -1.26. The van der Waals surface area contributed by atoms with E-state index in [9.17, 15) is 9.18 Å². The van der Waals surface area contributed by atoms with Crippen LogP contribution in [0.3, 0.4) is 0 Å². The van der Waals surface area contributed by atoms with Crippen molar-refractivity contribution < 1.29 is 9.18 Å². The van der Waals surface area contributed by atoms with Crippen LogP contribution in [0.4, 0.5) is 4.39 Å². The third-order valence-electron chi connectivity index (χ3n) is 3.60. The fourth-order valence-electron chi connectivity index (χ4n) is 2.28. The highest BCUT2D eigenvalue weighted by Gasteiger charge is 2.29. The van der Waals surface area contributed by atoms with Gasteiger partial charge in [-0.2, -0.15) is 0 Å². The molecule has 0 aromatic heterocycles. The molecule has 0 amide bonds. The minimum absolute atomic E-state index is 0.0761. The van der Waals surface area contributed by atoms with Crippen LogP contribution in [0.1, 0.15) is 15.9 Å². The van der Waals surface area contributed by atoms with Gasteiger partial charge in [0.05, 0.1) is 6.04 Å². The maximum atomic E-state index is 13.2. The van der Waals surface area contributed by atoms with Crippen molar-refractivity contribution in [3.63, 3.8) is 0 Å². The zero-order valence-electron chi connectivity index (χ0n) is 11.1. The van der Waals surface area contributed by atoms with E-state index in [0.717, 1.165) is 19.6 Å². The molecule has 1 aliphatic heterocycles. The predicted molar refractivity (Wildman–Crippen MR) is 69.4 cm³/mol. The van der Waals surface area contributed by atoms with Gasteiger partial charge in [0.1, 0.15) is 5.82 Å². The topological polar surface area (TPSA) is 23.6 Å². The average molecular weight is 250 g/mol. The fourth-order valence-corrected chi connectivity index (χ4v) is 2.28. The van der Waals surface area contributed by atoms with Gasteiger partial charge in [-0.1, -0.05) is 0 Å². The minimum Gasteiger partial charge on any atom is -0.303 e. The Balaban J connectivity index is 2.21. The van der Waals surface area contributed by atoms with Crippen LogP contribution in [0.25, 0.3) is 0 Å². The summed E-state index contributed by atoms with van der Waals surface area (Å²) in [5.41, 5.74) is 1.12. The molecule has 18 heavy (non-hydrogen) atoms. The van der Waals surface area contributed by atoms with Crippen LogP contribution in [0.5, 0.6) is 0 Å². The number of Topliss-reactive ketones (excluding diaryl/α,β-unsaturated/α-hetero) is 1. The Bertz CT molecular complexity index is 461. The summed E-state index contributed by atoms with van der Waals surface area (Å²) in [4.78, 5) is 16.7. The molecule has 1 unspecified atom stereocenters. The summed E-state index contributed by atoms with van der Waals surface area (Å²) in [5.74, 6) is -0.187. The van der Waals surface area contributed by atoms with Crippen LogP contribution in [0.2, 0.25) is 0 Å². The van der Waals surface area contributed by atoms with E-state index in [1.54, 1.807) is 19.1 Å². The van der Waals surface area contributed by atoms with Crippen molar-refractivity contribution in [2.75, 3.05) is 33.7 Å². The highest BCUT2D eigenvalue weighted by atomic mass is 19.1. The molecule has 1 aliphatic rings. The lowest BCUT2D eigenvalue weighted by molar-refractivity contribution is 0.0686. The Morgan fingerprint density at radius 1 is 1.33 bits per heavy atom. The van der Waals surface area contributed by atoms with Crippen LogP contribution >= 0.6 is 0 Å². The molecule has 98 valence electrons. The van der Waals surface area contributed by atoms with Gasteiger partial charge in [-0.05, 0) is 44.8 Å². The second-order valence-corrected chi connectivity index (χ2v) is 5.09. The summed E-state index contributed by atoms with van der Waals surface area (Å²) in [6.45, 7) is 4.27. The zero-order valence-corrected chi connectivity index (χ0v) is 11.1. The van der Waals surface area contributed by atoms with Crippen molar-refractivity contribution in [2.24, 2.45) is 0 Å². The van der Waals surface area contributed by atoms with E-state index in [4.69, 9.17) is 0 Å². The van der Waals surface area contributed by atoms with Gasteiger partial charge >= 0.3 is 0 Å². The average Bonchev–Trinajstić information content (AvgIpc) is 2.35. The number of ketones is 1. The highest BCUT2D eigenvalue weighted by molar-refractivity contribution is 6.00. The monoisotopic (exact) mass is 250 g/mol. The molecule has 0 N–H and O–H groups in total. The van der Waals surface area contributed by atoms with Gasteiger partial charge < -0.3 is 4.90 Å². The summed E-state index contributed by atoms with van der Waals surface area (Å²) in [7, 11) is 3.98. The van der Waals surface area contributed by atoms with E-state index < -0.39 is 0 Å². The summed E-state index contributed by atoms with van der Waals surface area (Å²) in [5, 5.41) is 0. The Kier molecular flexibility index (Phi) is 3.78. The number of hydrogen-bond acceptors (Lipinski definition) is 3. The molecule has 3 nitrogen and oxygen atoms in total. The molecule has 1 atom stereocenters. The normalized spacial score (nSPS) is 22.1. The molecule has 1 aromatic carbocycles. The molecule has 0 aliphatic carbocycles. The van der Waals surface area contributed by atoms with Crippen molar-refractivity contribution in [3.8, 4) is 0 Å². The van der Waals surface area contributed by atoms with Crippen LogP contribution in [0.15, 0.2) is 18.2 Å². The van der Waals surface area contributed by atoms with Crippen molar-refractivity contribution in [2.45, 2.75) is 13.0 Å². The van der Waals surface area contributed by atoms with Crippen molar-refractivity contribution in [3.05, 3.63) is 35.1 Å². The third kappa shape index (κ3) is 2.60. The molecule has 0 spiro atoms. The molecule has 4 heteroatoms. The lowest BCUT2D eigenvalue weighted by Gasteiger charge is -2.36. The molecular weight excluding hydrogens is 231 g/mol. The largest absolute Gasteiger partial charge is 0.303 e. The predicted octanol–water partition coefficient (Wildman–Crippen LogP) is 1.56. The molecule has 0 saturated carbocycles. The third-order valence-corrected chi connectivity index (χ3v) is 3.60. The van der Waals surface area contributed by atoms with E-state index in [-0.39, 0.29) is 17.6 Å². The number of rotatable bonds is 2. The van der Waals surface area contributed by atoms with Crippen molar-refractivity contribution in [1.29, 1.82) is 0 Å². The van der Waals surface area contributed by atoms with E-state index in [1.165, 1.54) is 6.07 Å². The first-order valence-corrected chi connectivity index (χ1v) is 6.18. The first-order valence-electron chi connectivity index (χ1n) is 6.18. The Morgan fingerprint density at radius 2 is 2.06 bits per heavy atom. The van der Waals surface area contributed by atoms with Gasteiger partial charge in [0, 0.05) is 25.2 Å². The summed E-state index contributed by atoms with van der Waals surface area (Å²) < 4.78 is 13.2. The summed E-state index contributed by atoms with van der Waals surface area (Å²) in [6.07, 6.45) is 0. The van der Waals surface area contributed by atoms with Gasteiger partial charge in [0.2, 0.25) is 0 Å². The lowest BCUT2D eigenvalue weighted by atomic mass is 9.99. The van der Waals surface area contributed by atoms with E-state index in [2.05, 4.69) is 9.80 Å². The molecule has 0 bridgehead atoms. The second kappa shape index (κ2) is 5.16. The molecule has 0 radical (unpaired) electrons. The molecule has 2 rings (SSSR count). The maximum Gasteiger partial charge on any atom is 0.181 e. The Labute approximate surface area is 107 Å². The fraction of sp³-hybridized carbons (Fsp3) is 0.500. The molecule has 1 heterocycles. The van der Waals surface area contributed by atoms with Crippen LogP contribution in [-0.2, 0) is 0 Å². The quantitative estimate of drug-likeness (QED) is 0.744. The Morgan fingerprint density at radius 3 is 2.72 bits per heavy atom. The van der Waals surface area contributed by atoms with E-state index in [1.807, 2.05) is 14.1 Å². The molecular formula is C14H19FN2O. The highest BCUT2D eigenvalue weighted by Crippen LogP contribution is 2.15. The number of aryl methyl sites for hydroxylation is 1. The van der Waals surface area contributed by atoms with Gasteiger partial charge in [-0.15, -0.1) is 0 Å². The van der Waals surface area contributed by atoms with Crippen LogP contribution in [0, 0.1) is 12.7 Å². The van der Waals surface area contributed by atoms with Crippen molar-refractivity contribution in [1.82, 2.24) is 9.80 Å². The molecule has 1 saturated heterocycles. The minimum atomic E-state index is -0.263. The second-order valence-electron chi connectivity index (χ2n) is 5.09. The molecule has 1 aromatic rings. The van der Waals surface area contributed by atoms with Gasteiger partial charge in [0.15, 0.2) is 5.78 Å². The SMILES string of the molecule is Cc1cc(C(=O)C2CN(C)CCN2C)ccc1F. The van der Waals surface area contributed by atoms with Crippen LogP contribution < -0.4 is 0 Å². The molecule has 1 fully saturated rings. The maximum absolute atomic E-state index is 13.2. The number of benzene rings is 1. The standard InChI is InChI=1S/C14H19FN2O/c1-10-8-11(4-5-12(10)15)14(18)13-9-16(2)6-7-17(13)3/h4-5,8,13H,6-7,9H2,1-3H3. The zero-order chi connectivity index (χ0) is 13.3. The summed E-state index contributed by atoms with van der Waals surface area (Å²) >= 11 is 0. The number of piperazine rings is 1.